The van der Waals surface area contributed by atoms with E-state index < -0.39 is 0 Å². The van der Waals surface area contributed by atoms with Gasteiger partial charge in [0, 0.05) is 24.1 Å². The third-order valence-corrected chi connectivity index (χ3v) is 2.88. The first-order valence-electron chi connectivity index (χ1n) is 5.53. The molecule has 0 aliphatic carbocycles. The minimum atomic E-state index is 0.443. The van der Waals surface area contributed by atoms with Crippen molar-refractivity contribution in [3.63, 3.8) is 0 Å². The Hall–Kier alpha value is -1.46. The van der Waals surface area contributed by atoms with Gasteiger partial charge in [-0.1, -0.05) is 28.1 Å². The van der Waals surface area contributed by atoms with Gasteiger partial charge in [-0.3, -0.25) is 0 Å². The molecule has 0 saturated carbocycles. The SMILES string of the molecule is COCc1cc(N)nc(Cc2cccc(Br)c2)n1. The maximum Gasteiger partial charge on any atom is 0.135 e. The van der Waals surface area contributed by atoms with Crippen LogP contribution in [-0.4, -0.2) is 17.1 Å². The molecular weight excluding hydrogens is 294 g/mol. The van der Waals surface area contributed by atoms with Crippen molar-refractivity contribution in [3.8, 4) is 0 Å². The van der Waals surface area contributed by atoms with E-state index in [1.807, 2.05) is 24.3 Å². The summed E-state index contributed by atoms with van der Waals surface area (Å²) in [7, 11) is 1.63. The fourth-order valence-corrected chi connectivity index (χ4v) is 2.15. The van der Waals surface area contributed by atoms with Crippen LogP contribution in [0.3, 0.4) is 0 Å². The molecule has 0 aliphatic rings. The quantitative estimate of drug-likeness (QED) is 0.943. The summed E-state index contributed by atoms with van der Waals surface area (Å²) in [5, 5.41) is 0. The number of hydrogen-bond acceptors (Lipinski definition) is 4. The number of ether oxygens (including phenoxy) is 1. The molecule has 4 nitrogen and oxygen atoms in total. The Morgan fingerprint density at radius 2 is 2.11 bits per heavy atom. The molecule has 0 bridgehead atoms. The van der Waals surface area contributed by atoms with Crippen molar-refractivity contribution < 1.29 is 4.74 Å². The second-order valence-corrected chi connectivity index (χ2v) is 4.86. The van der Waals surface area contributed by atoms with Crippen LogP contribution in [0.4, 0.5) is 5.82 Å². The molecule has 0 spiro atoms. The number of methoxy groups -OCH3 is 1. The minimum absolute atomic E-state index is 0.443. The highest BCUT2D eigenvalue weighted by Crippen LogP contribution is 2.14. The molecule has 5 heteroatoms. The number of benzene rings is 1. The monoisotopic (exact) mass is 307 g/mol. The van der Waals surface area contributed by atoms with E-state index in [0.29, 0.717) is 24.7 Å². The summed E-state index contributed by atoms with van der Waals surface area (Å²) in [6.45, 7) is 0.443. The maximum atomic E-state index is 5.76. The Morgan fingerprint density at radius 3 is 2.83 bits per heavy atom. The van der Waals surface area contributed by atoms with Crippen LogP contribution in [0.2, 0.25) is 0 Å². The van der Waals surface area contributed by atoms with Crippen LogP contribution in [0.1, 0.15) is 17.1 Å². The van der Waals surface area contributed by atoms with Crippen LogP contribution in [0.15, 0.2) is 34.8 Å². The Kier molecular flexibility index (Phi) is 4.28. The average molecular weight is 308 g/mol. The lowest BCUT2D eigenvalue weighted by atomic mass is 10.1. The standard InChI is InChI=1S/C13H14BrN3O/c1-18-8-11-7-12(15)17-13(16-11)6-9-3-2-4-10(14)5-9/h2-5,7H,6,8H2,1H3,(H2,15,16,17). The summed E-state index contributed by atoms with van der Waals surface area (Å²) < 4.78 is 6.10. The van der Waals surface area contributed by atoms with Gasteiger partial charge in [-0.2, -0.15) is 0 Å². The predicted octanol–water partition coefficient (Wildman–Crippen LogP) is 2.56. The Bertz CT molecular complexity index is 546. The molecule has 0 amide bonds. The van der Waals surface area contributed by atoms with Crippen LogP contribution in [0.5, 0.6) is 0 Å². The second kappa shape index (κ2) is 5.93. The van der Waals surface area contributed by atoms with E-state index in [2.05, 4.69) is 25.9 Å². The van der Waals surface area contributed by atoms with E-state index >= 15 is 0 Å². The smallest absolute Gasteiger partial charge is 0.135 e. The number of hydrogen-bond donors (Lipinski definition) is 1. The zero-order chi connectivity index (χ0) is 13.0. The van der Waals surface area contributed by atoms with Crippen LogP contribution < -0.4 is 5.73 Å². The Balaban J connectivity index is 2.23. The van der Waals surface area contributed by atoms with Crippen molar-refractivity contribution in [3.05, 3.63) is 51.9 Å². The predicted molar refractivity (Wildman–Crippen MR) is 74.1 cm³/mol. The fourth-order valence-electron chi connectivity index (χ4n) is 1.71. The van der Waals surface area contributed by atoms with Crippen molar-refractivity contribution in [1.29, 1.82) is 0 Å². The maximum absolute atomic E-state index is 5.76. The molecule has 0 saturated heterocycles. The van der Waals surface area contributed by atoms with Crippen molar-refractivity contribution in [1.82, 2.24) is 9.97 Å². The number of nitrogens with zero attached hydrogens (tertiary/aromatic N) is 2. The van der Waals surface area contributed by atoms with Gasteiger partial charge in [0.15, 0.2) is 0 Å². The van der Waals surface area contributed by atoms with Gasteiger partial charge >= 0.3 is 0 Å². The molecule has 18 heavy (non-hydrogen) atoms. The highest BCUT2D eigenvalue weighted by Gasteiger charge is 2.04. The molecule has 1 aromatic carbocycles. The molecule has 2 aromatic rings. The third-order valence-electron chi connectivity index (χ3n) is 2.39. The molecule has 1 heterocycles. The van der Waals surface area contributed by atoms with Crippen LogP contribution in [0.25, 0.3) is 0 Å². The van der Waals surface area contributed by atoms with Crippen LogP contribution in [0, 0.1) is 0 Å². The van der Waals surface area contributed by atoms with Crippen molar-refractivity contribution >= 4 is 21.7 Å². The van der Waals surface area contributed by atoms with Gasteiger partial charge in [0.2, 0.25) is 0 Å². The summed E-state index contributed by atoms with van der Waals surface area (Å²) in [6.07, 6.45) is 0.654. The first kappa shape index (κ1) is 13.0. The highest BCUT2D eigenvalue weighted by molar-refractivity contribution is 9.10. The molecule has 94 valence electrons. The topological polar surface area (TPSA) is 61.0 Å². The van der Waals surface area contributed by atoms with E-state index in [0.717, 1.165) is 15.7 Å². The number of rotatable bonds is 4. The molecule has 0 aliphatic heterocycles. The lowest BCUT2D eigenvalue weighted by Crippen LogP contribution is -2.04. The third kappa shape index (κ3) is 3.51. The fraction of sp³-hybridized carbons (Fsp3) is 0.231. The second-order valence-electron chi connectivity index (χ2n) is 3.94. The summed E-state index contributed by atoms with van der Waals surface area (Å²) >= 11 is 3.44. The molecular formula is C13H14BrN3O. The molecule has 2 rings (SSSR count). The van der Waals surface area contributed by atoms with E-state index in [-0.39, 0.29) is 0 Å². The summed E-state index contributed by atoms with van der Waals surface area (Å²) in [6, 6.07) is 9.78. The number of anilines is 1. The van der Waals surface area contributed by atoms with E-state index in [1.54, 1.807) is 13.2 Å². The Morgan fingerprint density at radius 1 is 1.28 bits per heavy atom. The normalized spacial score (nSPS) is 10.6. The number of nitrogen functional groups attached to an aromatic ring is 1. The molecule has 1 aromatic heterocycles. The van der Waals surface area contributed by atoms with E-state index in [9.17, 15) is 0 Å². The van der Waals surface area contributed by atoms with Gasteiger partial charge in [-0.25, -0.2) is 9.97 Å². The molecule has 0 atom stereocenters. The van der Waals surface area contributed by atoms with Gasteiger partial charge in [0.25, 0.3) is 0 Å². The number of nitrogens with two attached hydrogens (primary N) is 1. The van der Waals surface area contributed by atoms with Gasteiger partial charge in [-0.05, 0) is 17.7 Å². The lowest BCUT2D eigenvalue weighted by Gasteiger charge is -2.05. The zero-order valence-electron chi connectivity index (χ0n) is 10.1. The highest BCUT2D eigenvalue weighted by atomic mass is 79.9. The lowest BCUT2D eigenvalue weighted by molar-refractivity contribution is 0.181. The Labute approximate surface area is 114 Å². The van der Waals surface area contributed by atoms with Crippen LogP contribution >= 0.6 is 15.9 Å². The summed E-state index contributed by atoms with van der Waals surface area (Å²) in [4.78, 5) is 8.65. The van der Waals surface area contributed by atoms with Gasteiger partial charge in [-0.15, -0.1) is 0 Å². The molecule has 0 radical (unpaired) electrons. The van der Waals surface area contributed by atoms with Gasteiger partial charge < -0.3 is 10.5 Å². The van der Waals surface area contributed by atoms with Crippen molar-refractivity contribution in [2.75, 3.05) is 12.8 Å². The molecule has 0 fully saturated rings. The van der Waals surface area contributed by atoms with Crippen molar-refractivity contribution in [2.45, 2.75) is 13.0 Å². The van der Waals surface area contributed by atoms with Gasteiger partial charge in [0.1, 0.15) is 11.6 Å². The summed E-state index contributed by atoms with van der Waals surface area (Å²) in [5.74, 6) is 1.18. The minimum Gasteiger partial charge on any atom is -0.384 e. The number of aromatic nitrogens is 2. The van der Waals surface area contributed by atoms with E-state index in [4.69, 9.17) is 10.5 Å². The summed E-state index contributed by atoms with van der Waals surface area (Å²) in [5.41, 5.74) is 7.70. The largest absolute Gasteiger partial charge is 0.384 e. The first-order chi connectivity index (χ1) is 8.67. The van der Waals surface area contributed by atoms with Gasteiger partial charge in [0.05, 0.1) is 12.3 Å². The number of halogens is 1. The average Bonchev–Trinajstić information content (AvgIpc) is 2.28. The zero-order valence-corrected chi connectivity index (χ0v) is 11.6. The van der Waals surface area contributed by atoms with E-state index in [1.165, 1.54) is 0 Å². The molecule has 0 unspecified atom stereocenters. The van der Waals surface area contributed by atoms with Crippen molar-refractivity contribution in [2.24, 2.45) is 0 Å². The first-order valence-corrected chi connectivity index (χ1v) is 6.32. The van der Waals surface area contributed by atoms with Crippen LogP contribution in [-0.2, 0) is 17.8 Å². The molecule has 2 N–H and O–H groups in total.